The van der Waals surface area contributed by atoms with Crippen molar-refractivity contribution in [3.05, 3.63) is 89.1 Å². The zero-order valence-electron chi connectivity index (χ0n) is 17.8. The Bertz CT molecular complexity index is 1200. The number of nitrogens with zero attached hydrogens (tertiary/aromatic N) is 1. The predicted molar refractivity (Wildman–Crippen MR) is 117 cm³/mol. The molecule has 0 saturated carbocycles. The number of rotatable bonds is 5. The third-order valence-electron chi connectivity index (χ3n) is 5.17. The molecule has 3 aromatic rings. The minimum absolute atomic E-state index is 0.0202. The molecule has 1 unspecified atom stereocenters. The van der Waals surface area contributed by atoms with Crippen LogP contribution < -0.4 is 9.64 Å². The number of anilines is 1. The van der Waals surface area contributed by atoms with Gasteiger partial charge in [-0.15, -0.1) is 0 Å². The second kappa shape index (κ2) is 8.34. The number of ether oxygens (including phenoxy) is 1. The topological polar surface area (TPSA) is 80.0 Å². The lowest BCUT2D eigenvalue weighted by Gasteiger charge is -2.23. The lowest BCUT2D eigenvalue weighted by atomic mass is 9.98. The zero-order valence-corrected chi connectivity index (χ0v) is 17.8. The molecule has 1 aliphatic rings. The average molecular weight is 435 g/mol. The minimum Gasteiger partial charge on any atom is -0.507 e. The first kappa shape index (κ1) is 21.4. The van der Waals surface area contributed by atoms with Crippen molar-refractivity contribution in [1.29, 1.82) is 0 Å². The Hall–Kier alpha value is -3.87. The van der Waals surface area contributed by atoms with Crippen molar-refractivity contribution in [3.8, 4) is 5.75 Å². The minimum atomic E-state index is -0.998. The highest BCUT2D eigenvalue weighted by Crippen LogP contribution is 2.42. The molecule has 4 rings (SSSR count). The van der Waals surface area contributed by atoms with Crippen LogP contribution in [-0.2, 0) is 9.59 Å². The summed E-state index contributed by atoms with van der Waals surface area (Å²) in [6.45, 7) is 5.65. The van der Waals surface area contributed by atoms with Gasteiger partial charge in [0, 0.05) is 11.3 Å². The first-order chi connectivity index (χ1) is 15.3. The standard InChI is InChI=1S/C25H22FNO5/c1-14(2)32-19-11-6-16(13-15(19)3)23(28)21-22(20-5-4-12-31-20)27(25(30)24(21)29)18-9-7-17(26)8-10-18/h4-14,22,28H,1-3H3/b23-21-. The lowest BCUT2D eigenvalue weighted by molar-refractivity contribution is -0.132. The van der Waals surface area contributed by atoms with E-state index in [9.17, 15) is 19.1 Å². The van der Waals surface area contributed by atoms with Crippen molar-refractivity contribution in [2.75, 3.05) is 4.90 Å². The van der Waals surface area contributed by atoms with Crippen molar-refractivity contribution in [2.45, 2.75) is 32.9 Å². The highest BCUT2D eigenvalue weighted by atomic mass is 19.1. The third-order valence-corrected chi connectivity index (χ3v) is 5.17. The number of halogens is 1. The Morgan fingerprint density at radius 2 is 1.84 bits per heavy atom. The van der Waals surface area contributed by atoms with Gasteiger partial charge in [0.05, 0.1) is 17.9 Å². The van der Waals surface area contributed by atoms with Gasteiger partial charge in [-0.05, 0) is 80.9 Å². The fraction of sp³-hybridized carbons (Fsp3) is 0.200. The number of furan rings is 1. The number of carbonyl (C=O) groups is 2. The molecule has 2 heterocycles. The molecule has 0 aliphatic carbocycles. The second-order valence-electron chi connectivity index (χ2n) is 7.81. The van der Waals surface area contributed by atoms with Gasteiger partial charge in [0.2, 0.25) is 0 Å². The predicted octanol–water partition coefficient (Wildman–Crippen LogP) is 5.14. The zero-order chi connectivity index (χ0) is 23.0. The molecule has 32 heavy (non-hydrogen) atoms. The van der Waals surface area contributed by atoms with Crippen LogP contribution in [0.3, 0.4) is 0 Å². The van der Waals surface area contributed by atoms with Crippen LogP contribution in [0, 0.1) is 12.7 Å². The average Bonchev–Trinajstić information content (AvgIpc) is 3.37. The number of benzene rings is 2. The maximum atomic E-state index is 13.4. The number of amides is 1. The van der Waals surface area contributed by atoms with Gasteiger partial charge >= 0.3 is 0 Å². The molecule has 164 valence electrons. The third kappa shape index (κ3) is 3.77. The van der Waals surface area contributed by atoms with Crippen LogP contribution in [0.25, 0.3) is 5.76 Å². The summed E-state index contributed by atoms with van der Waals surface area (Å²) in [5, 5.41) is 11.1. The van der Waals surface area contributed by atoms with Gasteiger partial charge < -0.3 is 14.3 Å². The molecule has 0 spiro atoms. The van der Waals surface area contributed by atoms with Gasteiger partial charge in [0.25, 0.3) is 11.7 Å². The number of hydrogen-bond acceptors (Lipinski definition) is 5. The Labute approximate surface area is 184 Å². The summed E-state index contributed by atoms with van der Waals surface area (Å²) in [5.74, 6) is -1.53. The molecule has 7 heteroatoms. The Morgan fingerprint density at radius 1 is 1.12 bits per heavy atom. The van der Waals surface area contributed by atoms with Crippen LogP contribution in [0.2, 0.25) is 0 Å². The van der Waals surface area contributed by atoms with Crippen LogP contribution in [-0.4, -0.2) is 22.9 Å². The number of aryl methyl sites for hydroxylation is 1. The first-order valence-corrected chi connectivity index (χ1v) is 10.2. The number of hydrogen-bond donors (Lipinski definition) is 1. The molecule has 1 N–H and O–H groups in total. The normalized spacial score (nSPS) is 17.9. The van der Waals surface area contributed by atoms with E-state index in [4.69, 9.17) is 9.15 Å². The van der Waals surface area contributed by atoms with E-state index in [1.807, 2.05) is 20.8 Å². The van der Waals surface area contributed by atoms with Crippen molar-refractivity contribution >= 4 is 23.1 Å². The van der Waals surface area contributed by atoms with Gasteiger partial charge in [0.1, 0.15) is 29.1 Å². The molecule has 1 saturated heterocycles. The largest absolute Gasteiger partial charge is 0.507 e. The summed E-state index contributed by atoms with van der Waals surface area (Å²) in [4.78, 5) is 27.2. The Morgan fingerprint density at radius 3 is 2.44 bits per heavy atom. The number of aliphatic hydroxyl groups excluding tert-OH is 1. The van der Waals surface area contributed by atoms with Crippen LogP contribution in [0.15, 0.2) is 70.9 Å². The maximum absolute atomic E-state index is 13.4. The molecule has 1 aromatic heterocycles. The van der Waals surface area contributed by atoms with E-state index < -0.39 is 23.5 Å². The summed E-state index contributed by atoms with van der Waals surface area (Å²) >= 11 is 0. The van der Waals surface area contributed by atoms with Crippen LogP contribution in [0.1, 0.15) is 36.8 Å². The summed E-state index contributed by atoms with van der Waals surface area (Å²) in [7, 11) is 0. The van der Waals surface area contributed by atoms with Crippen molar-refractivity contribution < 1.29 is 28.2 Å². The van der Waals surface area contributed by atoms with E-state index in [-0.39, 0.29) is 17.4 Å². The molecule has 1 amide bonds. The van der Waals surface area contributed by atoms with Crippen molar-refractivity contribution in [3.63, 3.8) is 0 Å². The monoisotopic (exact) mass is 435 g/mol. The lowest BCUT2D eigenvalue weighted by Crippen LogP contribution is -2.29. The van der Waals surface area contributed by atoms with E-state index in [1.165, 1.54) is 35.4 Å². The molecule has 1 atom stereocenters. The fourth-order valence-corrected chi connectivity index (χ4v) is 3.75. The quantitative estimate of drug-likeness (QED) is 0.341. The van der Waals surface area contributed by atoms with Crippen molar-refractivity contribution in [1.82, 2.24) is 0 Å². The number of Topliss-reactive ketones (excluding diaryl/α,β-unsaturated/α-hetero) is 1. The summed E-state index contributed by atoms with van der Waals surface area (Å²) < 4.78 is 24.7. The molecule has 1 fully saturated rings. The maximum Gasteiger partial charge on any atom is 0.300 e. The van der Waals surface area contributed by atoms with Gasteiger partial charge in [-0.3, -0.25) is 14.5 Å². The number of aliphatic hydroxyl groups is 1. The highest BCUT2D eigenvalue weighted by molar-refractivity contribution is 6.51. The summed E-state index contributed by atoms with van der Waals surface area (Å²) in [6, 6.07) is 12.5. The van der Waals surface area contributed by atoms with Crippen LogP contribution >= 0.6 is 0 Å². The van der Waals surface area contributed by atoms with E-state index >= 15 is 0 Å². The molecule has 2 aromatic carbocycles. The van der Waals surface area contributed by atoms with E-state index in [0.717, 1.165) is 5.56 Å². The number of ketones is 1. The Kier molecular flexibility index (Phi) is 5.57. The van der Waals surface area contributed by atoms with Crippen LogP contribution in [0.5, 0.6) is 5.75 Å². The Balaban J connectivity index is 1.85. The molecule has 0 bridgehead atoms. The summed E-state index contributed by atoms with van der Waals surface area (Å²) in [6.07, 6.45) is 1.40. The van der Waals surface area contributed by atoms with Crippen molar-refractivity contribution in [2.24, 2.45) is 0 Å². The SMILES string of the molecule is Cc1cc(/C(O)=C2/C(=O)C(=O)N(c3ccc(F)cc3)C2c2ccco2)ccc1OC(C)C. The molecule has 1 aliphatic heterocycles. The molecular formula is C25H22FNO5. The van der Waals surface area contributed by atoms with Gasteiger partial charge in [0.15, 0.2) is 0 Å². The fourth-order valence-electron chi connectivity index (χ4n) is 3.75. The molecular weight excluding hydrogens is 413 g/mol. The molecule has 0 radical (unpaired) electrons. The highest BCUT2D eigenvalue weighted by Gasteiger charge is 2.48. The van der Waals surface area contributed by atoms with E-state index in [1.54, 1.807) is 30.3 Å². The number of carbonyl (C=O) groups excluding carboxylic acids is 2. The first-order valence-electron chi connectivity index (χ1n) is 10.2. The van der Waals surface area contributed by atoms with Gasteiger partial charge in [-0.2, -0.15) is 0 Å². The van der Waals surface area contributed by atoms with Gasteiger partial charge in [-0.1, -0.05) is 0 Å². The van der Waals surface area contributed by atoms with E-state index in [2.05, 4.69) is 0 Å². The van der Waals surface area contributed by atoms with E-state index in [0.29, 0.717) is 22.8 Å². The smallest absolute Gasteiger partial charge is 0.300 e. The van der Waals surface area contributed by atoms with Gasteiger partial charge in [-0.25, -0.2) is 4.39 Å². The van der Waals surface area contributed by atoms with Crippen LogP contribution in [0.4, 0.5) is 10.1 Å². The summed E-state index contributed by atoms with van der Waals surface area (Å²) in [5.41, 5.74) is 1.34. The molecule has 6 nitrogen and oxygen atoms in total. The second-order valence-corrected chi connectivity index (χ2v) is 7.81.